The first-order valence-corrected chi connectivity index (χ1v) is 8.68. The maximum absolute atomic E-state index is 12.2. The summed E-state index contributed by atoms with van der Waals surface area (Å²) in [5, 5.41) is 11.0. The molecule has 1 atom stereocenters. The number of rotatable bonds is 4. The number of β-amino-alcohol motifs (C(OH)–C–C–N with tert-alkyl or cyclic N) is 1. The topological polar surface area (TPSA) is 53.0 Å². The van der Waals surface area contributed by atoms with E-state index >= 15 is 0 Å². The highest BCUT2D eigenvalue weighted by Gasteiger charge is 2.24. The molecule has 6 heteroatoms. The Morgan fingerprint density at radius 3 is 2.36 bits per heavy atom. The van der Waals surface area contributed by atoms with Crippen LogP contribution in [0.4, 0.5) is 4.79 Å². The summed E-state index contributed by atoms with van der Waals surface area (Å²) in [7, 11) is 0. The van der Waals surface area contributed by atoms with Crippen molar-refractivity contribution < 1.29 is 14.6 Å². The number of halogens is 1. The second-order valence-corrected chi connectivity index (χ2v) is 6.41. The molecular formula is C19H21ClN2O3. The number of carbonyl (C=O) groups is 1. The molecule has 5 nitrogen and oxygen atoms in total. The van der Waals surface area contributed by atoms with Crippen molar-refractivity contribution in [2.75, 3.05) is 32.7 Å². The van der Waals surface area contributed by atoms with Gasteiger partial charge in [-0.2, -0.15) is 0 Å². The number of ether oxygens (including phenoxy) is 1. The molecule has 1 unspecified atom stereocenters. The van der Waals surface area contributed by atoms with Gasteiger partial charge in [-0.15, -0.1) is 0 Å². The molecule has 1 fully saturated rings. The maximum Gasteiger partial charge on any atom is 0.415 e. The van der Waals surface area contributed by atoms with Crippen LogP contribution < -0.4 is 4.74 Å². The molecule has 2 aromatic carbocycles. The van der Waals surface area contributed by atoms with Crippen LogP contribution in [0.3, 0.4) is 0 Å². The van der Waals surface area contributed by atoms with Crippen LogP contribution in [-0.2, 0) is 0 Å². The molecule has 1 aliphatic heterocycles. The summed E-state index contributed by atoms with van der Waals surface area (Å²) >= 11 is 6.13. The molecule has 1 N–H and O–H groups in total. The standard InChI is InChI=1S/C19H21ClN2O3/c20-17-9-5-4-8-16(17)18(23)14-21-10-12-22(13-11-21)19(24)25-15-6-2-1-3-7-15/h1-9,18,23H,10-14H2. The molecule has 0 aliphatic carbocycles. The van der Waals surface area contributed by atoms with E-state index in [1.165, 1.54) is 0 Å². The summed E-state index contributed by atoms with van der Waals surface area (Å²) < 4.78 is 5.36. The van der Waals surface area contributed by atoms with Crippen molar-refractivity contribution in [2.45, 2.75) is 6.10 Å². The van der Waals surface area contributed by atoms with Gasteiger partial charge in [0, 0.05) is 43.3 Å². The summed E-state index contributed by atoms with van der Waals surface area (Å²) in [6, 6.07) is 16.4. The Labute approximate surface area is 152 Å². The Kier molecular flexibility index (Phi) is 5.91. The van der Waals surface area contributed by atoms with Gasteiger partial charge in [0.1, 0.15) is 5.75 Å². The van der Waals surface area contributed by atoms with Crippen molar-refractivity contribution in [3.63, 3.8) is 0 Å². The number of amides is 1. The molecule has 132 valence electrons. The molecule has 1 heterocycles. The fourth-order valence-corrected chi connectivity index (χ4v) is 3.12. The maximum atomic E-state index is 12.2. The molecule has 0 radical (unpaired) electrons. The largest absolute Gasteiger partial charge is 0.415 e. The smallest absolute Gasteiger partial charge is 0.410 e. The van der Waals surface area contributed by atoms with E-state index in [9.17, 15) is 9.90 Å². The van der Waals surface area contributed by atoms with Gasteiger partial charge in [-0.1, -0.05) is 48.0 Å². The molecule has 0 bridgehead atoms. The lowest BCUT2D eigenvalue weighted by molar-refractivity contribution is 0.0718. The second-order valence-electron chi connectivity index (χ2n) is 6.01. The Balaban J connectivity index is 1.48. The first kappa shape index (κ1) is 17.7. The van der Waals surface area contributed by atoms with E-state index < -0.39 is 6.10 Å². The highest BCUT2D eigenvalue weighted by Crippen LogP contribution is 2.23. The minimum Gasteiger partial charge on any atom is -0.410 e. The van der Waals surface area contributed by atoms with E-state index in [4.69, 9.17) is 16.3 Å². The van der Waals surface area contributed by atoms with Crippen LogP contribution in [0.15, 0.2) is 54.6 Å². The zero-order valence-corrected chi connectivity index (χ0v) is 14.6. The number of para-hydroxylation sites is 1. The van der Waals surface area contributed by atoms with Crippen LogP contribution in [0.25, 0.3) is 0 Å². The van der Waals surface area contributed by atoms with Gasteiger partial charge in [0.05, 0.1) is 6.10 Å². The predicted molar refractivity (Wildman–Crippen MR) is 96.9 cm³/mol. The van der Waals surface area contributed by atoms with Crippen LogP contribution in [0.2, 0.25) is 5.02 Å². The summed E-state index contributed by atoms with van der Waals surface area (Å²) in [6.45, 7) is 3.00. The molecule has 25 heavy (non-hydrogen) atoms. The van der Waals surface area contributed by atoms with Crippen molar-refractivity contribution in [1.82, 2.24) is 9.80 Å². The zero-order chi connectivity index (χ0) is 17.6. The summed E-state index contributed by atoms with van der Waals surface area (Å²) in [5.74, 6) is 0.545. The predicted octanol–water partition coefficient (Wildman–Crippen LogP) is 3.19. The van der Waals surface area contributed by atoms with Gasteiger partial charge in [-0.3, -0.25) is 4.90 Å². The summed E-state index contributed by atoms with van der Waals surface area (Å²) in [5.41, 5.74) is 0.732. The van der Waals surface area contributed by atoms with Gasteiger partial charge in [0.25, 0.3) is 0 Å². The lowest BCUT2D eigenvalue weighted by Gasteiger charge is -2.35. The normalized spacial score (nSPS) is 16.5. The van der Waals surface area contributed by atoms with Gasteiger partial charge in [0.2, 0.25) is 0 Å². The number of hydrogen-bond acceptors (Lipinski definition) is 4. The van der Waals surface area contributed by atoms with E-state index in [0.717, 1.165) is 5.56 Å². The van der Waals surface area contributed by atoms with Gasteiger partial charge < -0.3 is 14.7 Å². The number of carbonyl (C=O) groups excluding carboxylic acids is 1. The third-order valence-corrected chi connectivity index (χ3v) is 4.62. The summed E-state index contributed by atoms with van der Waals surface area (Å²) in [6.07, 6.45) is -0.978. The van der Waals surface area contributed by atoms with Crippen LogP contribution in [0.5, 0.6) is 5.75 Å². The van der Waals surface area contributed by atoms with Crippen molar-refractivity contribution >= 4 is 17.7 Å². The average molecular weight is 361 g/mol. The monoisotopic (exact) mass is 360 g/mol. The number of aliphatic hydroxyl groups excluding tert-OH is 1. The molecule has 1 amide bonds. The molecule has 2 aromatic rings. The zero-order valence-electron chi connectivity index (χ0n) is 13.8. The first-order valence-electron chi connectivity index (χ1n) is 8.30. The highest BCUT2D eigenvalue weighted by atomic mass is 35.5. The highest BCUT2D eigenvalue weighted by molar-refractivity contribution is 6.31. The van der Waals surface area contributed by atoms with Crippen LogP contribution in [-0.4, -0.2) is 53.7 Å². The summed E-state index contributed by atoms with van der Waals surface area (Å²) in [4.78, 5) is 16.0. The third-order valence-electron chi connectivity index (χ3n) is 4.27. The second kappa shape index (κ2) is 8.34. The SMILES string of the molecule is O=C(Oc1ccccc1)N1CCN(CC(O)c2ccccc2Cl)CC1. The van der Waals surface area contributed by atoms with Gasteiger partial charge >= 0.3 is 6.09 Å². The van der Waals surface area contributed by atoms with E-state index in [0.29, 0.717) is 43.5 Å². The number of aliphatic hydroxyl groups is 1. The molecular weight excluding hydrogens is 340 g/mol. The number of benzene rings is 2. The van der Waals surface area contributed by atoms with E-state index in [1.807, 2.05) is 36.4 Å². The molecule has 1 aliphatic rings. The van der Waals surface area contributed by atoms with Crippen LogP contribution in [0, 0.1) is 0 Å². The minimum atomic E-state index is -0.642. The average Bonchev–Trinajstić information content (AvgIpc) is 2.63. The first-order chi connectivity index (χ1) is 12.1. The molecule has 1 saturated heterocycles. The fraction of sp³-hybridized carbons (Fsp3) is 0.316. The Morgan fingerprint density at radius 2 is 1.68 bits per heavy atom. The number of hydrogen-bond donors (Lipinski definition) is 1. The van der Waals surface area contributed by atoms with Gasteiger partial charge in [-0.25, -0.2) is 4.79 Å². The van der Waals surface area contributed by atoms with E-state index in [2.05, 4.69) is 4.90 Å². The van der Waals surface area contributed by atoms with Crippen molar-refractivity contribution in [3.8, 4) is 5.75 Å². The van der Waals surface area contributed by atoms with Crippen molar-refractivity contribution in [1.29, 1.82) is 0 Å². The third kappa shape index (κ3) is 4.72. The van der Waals surface area contributed by atoms with Crippen molar-refractivity contribution in [3.05, 3.63) is 65.2 Å². The van der Waals surface area contributed by atoms with Gasteiger partial charge in [0.15, 0.2) is 0 Å². The lowest BCUT2D eigenvalue weighted by Crippen LogP contribution is -2.50. The van der Waals surface area contributed by atoms with Crippen LogP contribution >= 0.6 is 11.6 Å². The number of piperazine rings is 1. The Morgan fingerprint density at radius 1 is 1.04 bits per heavy atom. The lowest BCUT2D eigenvalue weighted by atomic mass is 10.1. The Bertz CT molecular complexity index is 703. The Hall–Kier alpha value is -2.08. The molecule has 0 saturated carbocycles. The molecule has 0 spiro atoms. The minimum absolute atomic E-state index is 0.336. The quantitative estimate of drug-likeness (QED) is 0.909. The fourth-order valence-electron chi connectivity index (χ4n) is 2.86. The van der Waals surface area contributed by atoms with E-state index in [1.54, 1.807) is 23.1 Å². The van der Waals surface area contributed by atoms with Crippen molar-refractivity contribution in [2.24, 2.45) is 0 Å². The molecule has 3 rings (SSSR count). The van der Waals surface area contributed by atoms with Gasteiger partial charge in [-0.05, 0) is 18.2 Å². The number of nitrogens with zero attached hydrogens (tertiary/aromatic N) is 2. The van der Waals surface area contributed by atoms with Crippen LogP contribution in [0.1, 0.15) is 11.7 Å². The molecule has 0 aromatic heterocycles. The van der Waals surface area contributed by atoms with E-state index in [-0.39, 0.29) is 6.09 Å².